The molecule has 3 saturated carbocycles. The first kappa shape index (κ1) is 26.9. The number of hydrogen-bond acceptors (Lipinski definition) is 2. The zero-order valence-corrected chi connectivity index (χ0v) is 21.9. The van der Waals surface area contributed by atoms with Crippen LogP contribution in [0, 0.1) is 34.5 Å². The van der Waals surface area contributed by atoms with Crippen LogP contribution in [0.25, 0.3) is 0 Å². The molecule has 3 fully saturated rings. The van der Waals surface area contributed by atoms with Crippen molar-refractivity contribution >= 4 is 0 Å². The Kier molecular flexibility index (Phi) is 10.1. The highest BCUT2D eigenvalue weighted by molar-refractivity contribution is 5.25. The summed E-state index contributed by atoms with van der Waals surface area (Å²) in [6, 6.07) is 0. The predicted molar refractivity (Wildman–Crippen MR) is 134 cm³/mol. The third kappa shape index (κ3) is 5.26. The standard InChI is InChI=1S/C25H42O2.2C2H6/c1-4-19(26)7-5-6-17-9-11-22-21-10-8-18-16-20(27)12-14-25(18,3)23(21)13-15-24(17,22)2;2*1-2/h8,17,19-23,26-27H,4-7,9-16H2,1-3H3;2*1-2H3. The largest absolute Gasteiger partial charge is 0.393 e. The van der Waals surface area contributed by atoms with Crippen LogP contribution in [0.2, 0.25) is 0 Å². The van der Waals surface area contributed by atoms with Crippen molar-refractivity contribution in [2.45, 2.75) is 138 Å². The van der Waals surface area contributed by atoms with Crippen LogP contribution in [0.5, 0.6) is 0 Å². The summed E-state index contributed by atoms with van der Waals surface area (Å²) in [7, 11) is 0. The van der Waals surface area contributed by atoms with Gasteiger partial charge in [0.15, 0.2) is 0 Å². The Labute approximate surface area is 194 Å². The van der Waals surface area contributed by atoms with Crippen LogP contribution in [0.4, 0.5) is 0 Å². The van der Waals surface area contributed by atoms with E-state index in [1.807, 2.05) is 27.7 Å². The molecule has 2 N–H and O–H groups in total. The summed E-state index contributed by atoms with van der Waals surface area (Å²) in [4.78, 5) is 0. The summed E-state index contributed by atoms with van der Waals surface area (Å²) < 4.78 is 0. The van der Waals surface area contributed by atoms with E-state index in [9.17, 15) is 10.2 Å². The van der Waals surface area contributed by atoms with Gasteiger partial charge in [0.25, 0.3) is 0 Å². The van der Waals surface area contributed by atoms with Gasteiger partial charge in [-0.2, -0.15) is 0 Å². The maximum Gasteiger partial charge on any atom is 0.0577 e. The zero-order valence-electron chi connectivity index (χ0n) is 21.9. The highest BCUT2D eigenvalue weighted by atomic mass is 16.3. The van der Waals surface area contributed by atoms with Gasteiger partial charge in [0, 0.05) is 0 Å². The van der Waals surface area contributed by atoms with E-state index in [4.69, 9.17) is 0 Å². The molecule has 2 heteroatoms. The predicted octanol–water partition coefficient (Wildman–Crippen LogP) is 7.92. The first-order valence-corrected chi connectivity index (χ1v) is 13.9. The Morgan fingerprint density at radius 3 is 2.39 bits per heavy atom. The molecule has 4 aliphatic carbocycles. The van der Waals surface area contributed by atoms with Gasteiger partial charge < -0.3 is 10.2 Å². The lowest BCUT2D eigenvalue weighted by molar-refractivity contribution is -0.0511. The lowest BCUT2D eigenvalue weighted by Gasteiger charge is -2.58. The monoisotopic (exact) mass is 434 g/mol. The summed E-state index contributed by atoms with van der Waals surface area (Å²) >= 11 is 0. The molecule has 4 aliphatic rings. The van der Waals surface area contributed by atoms with E-state index in [0.717, 1.165) is 49.4 Å². The highest BCUT2D eigenvalue weighted by Gasteiger charge is 2.58. The van der Waals surface area contributed by atoms with Crippen LogP contribution in [-0.4, -0.2) is 22.4 Å². The molecule has 0 aromatic rings. The molecule has 0 radical (unpaired) electrons. The number of fused-ring (bicyclic) bond motifs is 5. The van der Waals surface area contributed by atoms with E-state index in [1.54, 1.807) is 5.57 Å². The lowest BCUT2D eigenvalue weighted by atomic mass is 9.47. The smallest absolute Gasteiger partial charge is 0.0577 e. The molecule has 0 aromatic carbocycles. The molecule has 0 aromatic heterocycles. The maximum absolute atomic E-state index is 10.2. The van der Waals surface area contributed by atoms with Crippen LogP contribution in [-0.2, 0) is 0 Å². The minimum Gasteiger partial charge on any atom is -0.393 e. The van der Waals surface area contributed by atoms with Crippen molar-refractivity contribution in [2.75, 3.05) is 0 Å². The van der Waals surface area contributed by atoms with Crippen molar-refractivity contribution in [1.82, 2.24) is 0 Å². The van der Waals surface area contributed by atoms with E-state index in [2.05, 4.69) is 26.8 Å². The van der Waals surface area contributed by atoms with Crippen molar-refractivity contribution in [2.24, 2.45) is 34.5 Å². The molecular formula is C29H54O2. The van der Waals surface area contributed by atoms with Crippen LogP contribution in [0.3, 0.4) is 0 Å². The summed E-state index contributed by atoms with van der Waals surface area (Å²) in [5.41, 5.74) is 2.50. The van der Waals surface area contributed by atoms with Crippen LogP contribution in [0.1, 0.15) is 126 Å². The van der Waals surface area contributed by atoms with Crippen molar-refractivity contribution in [1.29, 1.82) is 0 Å². The van der Waals surface area contributed by atoms with Gasteiger partial charge in [0.1, 0.15) is 0 Å². The second kappa shape index (κ2) is 11.7. The number of hydrogen-bond donors (Lipinski definition) is 2. The average molecular weight is 435 g/mol. The molecule has 8 atom stereocenters. The summed E-state index contributed by atoms with van der Waals surface area (Å²) in [5.74, 6) is 3.50. The molecule has 0 heterocycles. The molecule has 0 saturated heterocycles. The first-order valence-electron chi connectivity index (χ1n) is 13.9. The summed E-state index contributed by atoms with van der Waals surface area (Å²) in [5, 5.41) is 20.1. The van der Waals surface area contributed by atoms with Crippen LogP contribution in [0.15, 0.2) is 11.6 Å². The average Bonchev–Trinajstić information content (AvgIpc) is 3.13. The van der Waals surface area contributed by atoms with Crippen molar-refractivity contribution in [3.05, 3.63) is 11.6 Å². The molecule has 8 unspecified atom stereocenters. The Morgan fingerprint density at radius 1 is 1.00 bits per heavy atom. The Hall–Kier alpha value is -0.340. The lowest BCUT2D eigenvalue weighted by Crippen LogP contribution is -2.50. The van der Waals surface area contributed by atoms with Gasteiger partial charge in [0.05, 0.1) is 12.2 Å². The highest BCUT2D eigenvalue weighted by Crippen LogP contribution is 2.66. The summed E-state index contributed by atoms with van der Waals surface area (Å²) in [6.07, 6.45) is 16.8. The van der Waals surface area contributed by atoms with Gasteiger partial charge in [-0.1, -0.05) is 66.5 Å². The van der Waals surface area contributed by atoms with Gasteiger partial charge in [-0.15, -0.1) is 0 Å². The molecule has 4 rings (SSSR count). The van der Waals surface area contributed by atoms with E-state index in [-0.39, 0.29) is 12.2 Å². The SMILES string of the molecule is CC.CC.CCC(O)CCCC1CCC2C3CC=C4CC(O)CCC4(C)C3CCC12C. The van der Waals surface area contributed by atoms with Crippen LogP contribution >= 0.6 is 0 Å². The Morgan fingerprint density at radius 2 is 1.71 bits per heavy atom. The van der Waals surface area contributed by atoms with E-state index in [0.29, 0.717) is 10.8 Å². The number of rotatable bonds is 5. The third-order valence-electron chi connectivity index (χ3n) is 9.84. The third-order valence-corrected chi connectivity index (χ3v) is 9.84. The maximum atomic E-state index is 10.2. The van der Waals surface area contributed by atoms with E-state index >= 15 is 0 Å². The van der Waals surface area contributed by atoms with Gasteiger partial charge in [-0.05, 0) is 105 Å². The number of aliphatic hydroxyl groups is 2. The van der Waals surface area contributed by atoms with Crippen molar-refractivity contribution in [3.8, 4) is 0 Å². The molecule has 0 aliphatic heterocycles. The molecule has 0 amide bonds. The molecular weight excluding hydrogens is 380 g/mol. The Bertz CT molecular complexity index is 569. The fourth-order valence-corrected chi connectivity index (χ4v) is 8.03. The summed E-state index contributed by atoms with van der Waals surface area (Å²) in [6.45, 7) is 15.2. The Balaban J connectivity index is 0.000000807. The van der Waals surface area contributed by atoms with Gasteiger partial charge in [-0.25, -0.2) is 0 Å². The first-order chi connectivity index (χ1) is 14.9. The minimum atomic E-state index is -0.0935. The molecule has 182 valence electrons. The van der Waals surface area contributed by atoms with Gasteiger partial charge in [0.2, 0.25) is 0 Å². The molecule has 2 nitrogen and oxygen atoms in total. The van der Waals surface area contributed by atoms with Crippen LogP contribution < -0.4 is 0 Å². The van der Waals surface area contributed by atoms with Gasteiger partial charge >= 0.3 is 0 Å². The molecule has 31 heavy (non-hydrogen) atoms. The molecule has 0 spiro atoms. The van der Waals surface area contributed by atoms with Crippen molar-refractivity contribution < 1.29 is 10.2 Å². The number of allylic oxidation sites excluding steroid dienone is 1. The van der Waals surface area contributed by atoms with E-state index < -0.39 is 0 Å². The second-order valence-corrected chi connectivity index (χ2v) is 11.0. The van der Waals surface area contributed by atoms with E-state index in [1.165, 1.54) is 51.4 Å². The normalized spacial score (nSPS) is 41.8. The number of aliphatic hydroxyl groups excluding tert-OH is 2. The fraction of sp³-hybridized carbons (Fsp3) is 0.931. The topological polar surface area (TPSA) is 40.5 Å². The van der Waals surface area contributed by atoms with Crippen molar-refractivity contribution in [3.63, 3.8) is 0 Å². The second-order valence-electron chi connectivity index (χ2n) is 11.0. The quantitative estimate of drug-likeness (QED) is 0.431. The molecule has 0 bridgehead atoms. The minimum absolute atomic E-state index is 0.0887. The zero-order chi connectivity index (χ0) is 23.2. The van der Waals surface area contributed by atoms with Gasteiger partial charge in [-0.3, -0.25) is 0 Å². The fourth-order valence-electron chi connectivity index (χ4n) is 8.03.